The first-order valence-electron chi connectivity index (χ1n) is 7.25. The van der Waals surface area contributed by atoms with Crippen LogP contribution in [-0.4, -0.2) is 36.8 Å². The van der Waals surface area contributed by atoms with E-state index in [-0.39, 0.29) is 12.1 Å². The highest BCUT2D eigenvalue weighted by Crippen LogP contribution is 2.22. The summed E-state index contributed by atoms with van der Waals surface area (Å²) in [5.41, 5.74) is 0.622. The summed E-state index contributed by atoms with van der Waals surface area (Å²) in [6, 6.07) is 3.62. The van der Waals surface area contributed by atoms with E-state index in [0.29, 0.717) is 31.5 Å². The molecule has 124 valence electrons. The van der Waals surface area contributed by atoms with Crippen LogP contribution < -0.4 is 5.32 Å². The summed E-state index contributed by atoms with van der Waals surface area (Å²) < 4.78 is 63.1. The zero-order valence-electron chi connectivity index (χ0n) is 12.3. The Balaban J connectivity index is 1.84. The van der Waals surface area contributed by atoms with E-state index >= 15 is 0 Å². The number of halogens is 5. The van der Waals surface area contributed by atoms with Gasteiger partial charge in [-0.3, -0.25) is 4.90 Å². The van der Waals surface area contributed by atoms with Crippen LogP contribution in [0.1, 0.15) is 31.4 Å². The second-order valence-corrected chi connectivity index (χ2v) is 5.73. The number of alkyl halides is 3. The standard InChI is InChI=1S/C15H19F5N2/c1-10(11-2-3-13(16)14(17)8-11)21-12-4-6-22(7-5-12)9-15(18,19)20/h2-3,8,10,12,21H,4-7,9H2,1H3. The lowest BCUT2D eigenvalue weighted by Crippen LogP contribution is -2.46. The Morgan fingerprint density at radius 3 is 2.36 bits per heavy atom. The number of nitrogens with zero attached hydrogens (tertiary/aromatic N) is 1. The number of benzene rings is 1. The highest BCUT2D eigenvalue weighted by atomic mass is 19.4. The van der Waals surface area contributed by atoms with Crippen molar-refractivity contribution in [2.45, 2.75) is 38.0 Å². The van der Waals surface area contributed by atoms with Crippen LogP contribution in [0, 0.1) is 11.6 Å². The van der Waals surface area contributed by atoms with E-state index in [1.54, 1.807) is 0 Å². The Labute approximate surface area is 126 Å². The molecule has 0 aromatic heterocycles. The van der Waals surface area contributed by atoms with Crippen molar-refractivity contribution >= 4 is 0 Å². The van der Waals surface area contributed by atoms with Crippen LogP contribution in [0.15, 0.2) is 18.2 Å². The first kappa shape index (κ1) is 17.1. The maximum absolute atomic E-state index is 13.2. The third-order valence-corrected chi connectivity index (χ3v) is 3.92. The minimum atomic E-state index is -4.17. The van der Waals surface area contributed by atoms with Crippen molar-refractivity contribution in [2.75, 3.05) is 19.6 Å². The van der Waals surface area contributed by atoms with Crippen molar-refractivity contribution in [1.29, 1.82) is 0 Å². The van der Waals surface area contributed by atoms with E-state index in [1.807, 2.05) is 6.92 Å². The molecule has 2 nitrogen and oxygen atoms in total. The van der Waals surface area contributed by atoms with Gasteiger partial charge < -0.3 is 5.32 Å². The van der Waals surface area contributed by atoms with Crippen LogP contribution in [0.3, 0.4) is 0 Å². The minimum absolute atomic E-state index is 0.0765. The summed E-state index contributed by atoms with van der Waals surface area (Å²) in [5.74, 6) is -1.79. The first-order chi connectivity index (χ1) is 10.2. The van der Waals surface area contributed by atoms with E-state index < -0.39 is 24.4 Å². The second-order valence-electron chi connectivity index (χ2n) is 5.73. The molecule has 1 aliphatic rings. The summed E-state index contributed by atoms with van der Waals surface area (Å²) in [5, 5.41) is 3.27. The third-order valence-electron chi connectivity index (χ3n) is 3.92. The molecule has 1 saturated heterocycles. The molecular formula is C15H19F5N2. The predicted octanol–water partition coefficient (Wildman–Crippen LogP) is 3.64. The molecule has 1 aromatic carbocycles. The molecule has 7 heteroatoms. The fraction of sp³-hybridized carbons (Fsp3) is 0.600. The van der Waals surface area contributed by atoms with Crippen LogP contribution in [0.5, 0.6) is 0 Å². The Bertz CT molecular complexity index is 495. The molecule has 0 amide bonds. The predicted molar refractivity (Wildman–Crippen MR) is 73.4 cm³/mol. The number of nitrogens with one attached hydrogen (secondary N) is 1. The molecule has 0 aliphatic carbocycles. The average molecular weight is 322 g/mol. The van der Waals surface area contributed by atoms with Gasteiger partial charge in [0.15, 0.2) is 11.6 Å². The smallest absolute Gasteiger partial charge is 0.307 e. The van der Waals surface area contributed by atoms with Gasteiger partial charge in [-0.25, -0.2) is 8.78 Å². The maximum Gasteiger partial charge on any atom is 0.401 e. The minimum Gasteiger partial charge on any atom is -0.307 e. The monoisotopic (exact) mass is 322 g/mol. The van der Waals surface area contributed by atoms with Crippen molar-refractivity contribution in [3.05, 3.63) is 35.4 Å². The lowest BCUT2D eigenvalue weighted by atomic mass is 10.0. The van der Waals surface area contributed by atoms with Gasteiger partial charge in [-0.2, -0.15) is 13.2 Å². The molecule has 0 bridgehead atoms. The molecule has 1 N–H and O–H groups in total. The highest BCUT2D eigenvalue weighted by Gasteiger charge is 2.32. The zero-order valence-corrected chi connectivity index (χ0v) is 12.3. The quantitative estimate of drug-likeness (QED) is 0.852. The molecule has 22 heavy (non-hydrogen) atoms. The molecule has 0 saturated carbocycles. The van der Waals surface area contributed by atoms with Crippen LogP contribution in [0.2, 0.25) is 0 Å². The van der Waals surface area contributed by atoms with E-state index in [2.05, 4.69) is 5.32 Å². The van der Waals surface area contributed by atoms with Gasteiger partial charge in [0.05, 0.1) is 6.54 Å². The van der Waals surface area contributed by atoms with E-state index in [1.165, 1.54) is 11.0 Å². The summed E-state index contributed by atoms with van der Waals surface area (Å²) in [7, 11) is 0. The number of hydrogen-bond donors (Lipinski definition) is 1. The molecule has 0 spiro atoms. The van der Waals surface area contributed by atoms with Crippen molar-refractivity contribution in [2.24, 2.45) is 0 Å². The van der Waals surface area contributed by atoms with Gasteiger partial charge in [0.1, 0.15) is 0 Å². The molecule has 2 rings (SSSR count). The van der Waals surface area contributed by atoms with Crippen LogP contribution in [0.4, 0.5) is 22.0 Å². The van der Waals surface area contributed by atoms with Crippen molar-refractivity contribution < 1.29 is 22.0 Å². The van der Waals surface area contributed by atoms with Crippen LogP contribution in [0.25, 0.3) is 0 Å². The molecule has 1 fully saturated rings. The first-order valence-corrected chi connectivity index (χ1v) is 7.25. The number of piperidine rings is 1. The second kappa shape index (κ2) is 6.91. The maximum atomic E-state index is 13.2. The number of rotatable bonds is 4. The van der Waals surface area contributed by atoms with Crippen LogP contribution >= 0.6 is 0 Å². The van der Waals surface area contributed by atoms with E-state index in [9.17, 15) is 22.0 Å². The van der Waals surface area contributed by atoms with Crippen molar-refractivity contribution in [3.63, 3.8) is 0 Å². The highest BCUT2D eigenvalue weighted by molar-refractivity contribution is 5.20. The van der Waals surface area contributed by atoms with Gasteiger partial charge in [0, 0.05) is 12.1 Å². The Hall–Kier alpha value is -1.21. The molecule has 1 unspecified atom stereocenters. The van der Waals surface area contributed by atoms with Gasteiger partial charge in [-0.1, -0.05) is 6.07 Å². The summed E-state index contributed by atoms with van der Waals surface area (Å²) in [6.07, 6.45) is -2.96. The lowest BCUT2D eigenvalue weighted by Gasteiger charge is -2.34. The van der Waals surface area contributed by atoms with E-state index in [4.69, 9.17) is 0 Å². The Kier molecular flexibility index (Phi) is 5.39. The lowest BCUT2D eigenvalue weighted by molar-refractivity contribution is -0.148. The summed E-state index contributed by atoms with van der Waals surface area (Å²) in [6.45, 7) is 1.70. The van der Waals surface area contributed by atoms with Gasteiger partial charge in [0.25, 0.3) is 0 Å². The molecule has 1 atom stereocenters. The molecule has 1 aromatic rings. The van der Waals surface area contributed by atoms with Gasteiger partial charge >= 0.3 is 6.18 Å². The average Bonchev–Trinajstić information content (AvgIpc) is 2.42. The zero-order chi connectivity index (χ0) is 16.3. The number of likely N-dealkylation sites (tertiary alicyclic amines) is 1. The number of hydrogen-bond acceptors (Lipinski definition) is 2. The molecule has 0 radical (unpaired) electrons. The SMILES string of the molecule is CC(NC1CCN(CC(F)(F)F)CC1)c1ccc(F)c(F)c1. The topological polar surface area (TPSA) is 15.3 Å². The molecular weight excluding hydrogens is 303 g/mol. The Morgan fingerprint density at radius 2 is 1.82 bits per heavy atom. The van der Waals surface area contributed by atoms with E-state index in [0.717, 1.165) is 12.1 Å². The molecule has 1 heterocycles. The Morgan fingerprint density at radius 1 is 1.18 bits per heavy atom. The summed E-state index contributed by atoms with van der Waals surface area (Å²) >= 11 is 0. The largest absolute Gasteiger partial charge is 0.401 e. The summed E-state index contributed by atoms with van der Waals surface area (Å²) in [4.78, 5) is 1.39. The van der Waals surface area contributed by atoms with Gasteiger partial charge in [0.2, 0.25) is 0 Å². The fourth-order valence-electron chi connectivity index (χ4n) is 2.74. The van der Waals surface area contributed by atoms with Gasteiger partial charge in [-0.05, 0) is 50.6 Å². The fourth-order valence-corrected chi connectivity index (χ4v) is 2.74. The van der Waals surface area contributed by atoms with Crippen LogP contribution in [-0.2, 0) is 0 Å². The van der Waals surface area contributed by atoms with Crippen molar-refractivity contribution in [3.8, 4) is 0 Å². The molecule has 1 aliphatic heterocycles. The third kappa shape index (κ3) is 4.91. The van der Waals surface area contributed by atoms with Crippen molar-refractivity contribution in [1.82, 2.24) is 10.2 Å². The van der Waals surface area contributed by atoms with Gasteiger partial charge in [-0.15, -0.1) is 0 Å². The normalized spacial score (nSPS) is 19.4.